The molecular formula is C27H34N4O. The quantitative estimate of drug-likeness (QED) is 0.652. The van der Waals surface area contributed by atoms with E-state index in [1.807, 2.05) is 36.4 Å². The van der Waals surface area contributed by atoms with E-state index in [1.165, 1.54) is 0 Å². The molecule has 2 aromatic rings. The molecule has 2 heterocycles. The van der Waals surface area contributed by atoms with Gasteiger partial charge in [0.2, 0.25) is 0 Å². The summed E-state index contributed by atoms with van der Waals surface area (Å²) in [5, 5.41) is 0. The minimum Gasteiger partial charge on any atom is -0.368 e. The number of hydrogen-bond acceptors (Lipinski definition) is 5. The van der Waals surface area contributed by atoms with Crippen molar-refractivity contribution < 1.29 is 4.79 Å². The zero-order chi connectivity index (χ0) is 22.7. The van der Waals surface area contributed by atoms with Gasteiger partial charge in [-0.1, -0.05) is 37.4 Å². The van der Waals surface area contributed by atoms with E-state index in [4.69, 9.17) is 0 Å². The van der Waals surface area contributed by atoms with Crippen molar-refractivity contribution in [3.8, 4) is 0 Å². The first-order valence-electron chi connectivity index (χ1n) is 11.4. The van der Waals surface area contributed by atoms with Crippen LogP contribution in [0.15, 0.2) is 49.6 Å². The average Bonchev–Trinajstić information content (AvgIpc) is 2.84. The molecule has 2 aromatic carbocycles. The number of piperazine rings is 2. The molecule has 5 heteroatoms. The maximum atomic E-state index is 14.0. The SMILES string of the molecule is C=Cc1ccc(C(=O)c2ccc(C=C)cc2N2CCN(C)CC2)c(N2CCN(C)CC2)c1. The standard InChI is InChI=1S/C27H34N4O/c1-5-21-7-9-23(25(19-21)30-15-11-28(3)12-16-30)27(32)24-10-8-22(6-2)20-26(24)31-17-13-29(4)14-18-31/h5-10,19-20H,1-2,11-18H2,3-4H3. The molecule has 4 rings (SSSR count). The smallest absolute Gasteiger partial charge is 0.197 e. The second-order valence-electron chi connectivity index (χ2n) is 8.87. The van der Waals surface area contributed by atoms with Crippen molar-refractivity contribution in [2.24, 2.45) is 0 Å². The topological polar surface area (TPSA) is 30.0 Å². The van der Waals surface area contributed by atoms with Gasteiger partial charge >= 0.3 is 0 Å². The molecular weight excluding hydrogens is 396 g/mol. The molecule has 2 aliphatic heterocycles. The van der Waals surface area contributed by atoms with Gasteiger partial charge < -0.3 is 19.6 Å². The number of benzene rings is 2. The molecule has 0 aromatic heterocycles. The third-order valence-electron chi connectivity index (χ3n) is 6.69. The zero-order valence-corrected chi connectivity index (χ0v) is 19.4. The molecule has 0 unspecified atom stereocenters. The Morgan fingerprint density at radius 2 is 1.06 bits per heavy atom. The third-order valence-corrected chi connectivity index (χ3v) is 6.69. The van der Waals surface area contributed by atoms with Crippen LogP contribution in [0.2, 0.25) is 0 Å². The lowest BCUT2D eigenvalue weighted by Gasteiger charge is -2.36. The van der Waals surface area contributed by atoms with Gasteiger partial charge in [0.25, 0.3) is 0 Å². The molecule has 2 fully saturated rings. The number of carbonyl (C=O) groups excluding carboxylic acids is 1. The lowest BCUT2D eigenvalue weighted by molar-refractivity contribution is 0.103. The van der Waals surface area contributed by atoms with Crippen LogP contribution in [0, 0.1) is 0 Å². The molecule has 0 aliphatic carbocycles. The summed E-state index contributed by atoms with van der Waals surface area (Å²) in [7, 11) is 4.29. The molecule has 2 aliphatic rings. The summed E-state index contributed by atoms with van der Waals surface area (Å²) in [4.78, 5) is 23.3. The molecule has 0 amide bonds. The van der Waals surface area contributed by atoms with Gasteiger partial charge in [0.15, 0.2) is 5.78 Å². The summed E-state index contributed by atoms with van der Waals surface area (Å²) < 4.78 is 0. The van der Waals surface area contributed by atoms with E-state index in [-0.39, 0.29) is 5.78 Å². The number of likely N-dealkylation sites (N-methyl/N-ethyl adjacent to an activating group) is 2. The Labute approximate surface area is 192 Å². The lowest BCUT2D eigenvalue weighted by atomic mass is 9.95. The number of rotatable bonds is 6. The van der Waals surface area contributed by atoms with Crippen LogP contribution in [-0.4, -0.2) is 82.0 Å². The van der Waals surface area contributed by atoms with Gasteiger partial charge in [0.05, 0.1) is 0 Å². The Morgan fingerprint density at radius 1 is 0.688 bits per heavy atom. The van der Waals surface area contributed by atoms with Gasteiger partial charge in [-0.2, -0.15) is 0 Å². The maximum Gasteiger partial charge on any atom is 0.197 e. The van der Waals surface area contributed by atoms with E-state index in [0.29, 0.717) is 0 Å². The summed E-state index contributed by atoms with van der Waals surface area (Å²) in [5.74, 6) is 0.0825. The number of ketones is 1. The number of carbonyl (C=O) groups is 1. The van der Waals surface area contributed by atoms with Crippen molar-refractivity contribution in [1.29, 1.82) is 0 Å². The number of anilines is 2. The highest BCUT2D eigenvalue weighted by Gasteiger charge is 2.25. The van der Waals surface area contributed by atoms with E-state index < -0.39 is 0 Å². The molecule has 0 atom stereocenters. The van der Waals surface area contributed by atoms with Crippen LogP contribution in [0.4, 0.5) is 11.4 Å². The molecule has 2 saturated heterocycles. The Kier molecular flexibility index (Phi) is 6.77. The molecule has 0 bridgehead atoms. The zero-order valence-electron chi connectivity index (χ0n) is 19.4. The Balaban J connectivity index is 1.74. The Hall–Kier alpha value is -2.89. The van der Waals surface area contributed by atoms with Crippen molar-refractivity contribution in [3.05, 3.63) is 71.8 Å². The molecule has 32 heavy (non-hydrogen) atoms. The van der Waals surface area contributed by atoms with Crippen molar-refractivity contribution >= 4 is 29.3 Å². The molecule has 0 radical (unpaired) electrons. The number of hydrogen-bond donors (Lipinski definition) is 0. The van der Waals surface area contributed by atoms with Crippen LogP contribution in [0.1, 0.15) is 27.0 Å². The first-order chi connectivity index (χ1) is 15.5. The first kappa shape index (κ1) is 22.3. The monoisotopic (exact) mass is 430 g/mol. The fourth-order valence-electron chi connectivity index (χ4n) is 4.50. The van der Waals surface area contributed by atoms with Gasteiger partial charge in [-0.3, -0.25) is 4.79 Å². The average molecular weight is 431 g/mol. The second kappa shape index (κ2) is 9.72. The molecule has 0 spiro atoms. The summed E-state index contributed by atoms with van der Waals surface area (Å²) in [6.45, 7) is 15.5. The van der Waals surface area contributed by atoms with Gasteiger partial charge in [0, 0.05) is 74.9 Å². The molecule has 0 N–H and O–H groups in total. The summed E-state index contributed by atoms with van der Waals surface area (Å²) in [6.07, 6.45) is 3.70. The maximum absolute atomic E-state index is 14.0. The van der Waals surface area contributed by atoms with Crippen molar-refractivity contribution in [1.82, 2.24) is 9.80 Å². The third kappa shape index (κ3) is 4.64. The van der Waals surface area contributed by atoms with Gasteiger partial charge in [-0.05, 0) is 49.5 Å². The lowest BCUT2D eigenvalue weighted by Crippen LogP contribution is -2.45. The fraction of sp³-hybridized carbons (Fsp3) is 0.370. The Bertz CT molecular complexity index is 919. The van der Waals surface area contributed by atoms with Gasteiger partial charge in [0.1, 0.15) is 0 Å². The van der Waals surface area contributed by atoms with Crippen LogP contribution >= 0.6 is 0 Å². The van der Waals surface area contributed by atoms with E-state index in [2.05, 4.69) is 59.0 Å². The summed E-state index contributed by atoms with van der Waals surface area (Å²) >= 11 is 0. The predicted molar refractivity (Wildman–Crippen MR) is 136 cm³/mol. The minimum absolute atomic E-state index is 0.0825. The van der Waals surface area contributed by atoms with Crippen LogP contribution in [0.25, 0.3) is 12.2 Å². The van der Waals surface area contributed by atoms with Crippen LogP contribution in [0.3, 0.4) is 0 Å². The molecule has 0 saturated carbocycles. The Morgan fingerprint density at radius 3 is 1.41 bits per heavy atom. The van der Waals surface area contributed by atoms with E-state index in [1.54, 1.807) is 0 Å². The highest BCUT2D eigenvalue weighted by molar-refractivity contribution is 6.15. The van der Waals surface area contributed by atoms with Crippen molar-refractivity contribution in [3.63, 3.8) is 0 Å². The second-order valence-corrected chi connectivity index (χ2v) is 8.87. The van der Waals surface area contributed by atoms with E-state index in [9.17, 15) is 4.79 Å². The van der Waals surface area contributed by atoms with Crippen LogP contribution in [-0.2, 0) is 0 Å². The first-order valence-corrected chi connectivity index (χ1v) is 11.4. The highest BCUT2D eigenvalue weighted by atomic mass is 16.1. The van der Waals surface area contributed by atoms with E-state index >= 15 is 0 Å². The molecule has 5 nitrogen and oxygen atoms in total. The normalized spacial score (nSPS) is 17.9. The highest BCUT2D eigenvalue weighted by Crippen LogP contribution is 2.31. The molecule has 168 valence electrons. The van der Waals surface area contributed by atoms with Crippen LogP contribution < -0.4 is 9.80 Å². The largest absolute Gasteiger partial charge is 0.368 e. The predicted octanol–water partition coefficient (Wildman–Crippen LogP) is 3.71. The van der Waals surface area contributed by atoms with Gasteiger partial charge in [-0.25, -0.2) is 0 Å². The van der Waals surface area contributed by atoms with Crippen molar-refractivity contribution in [2.75, 3.05) is 76.3 Å². The van der Waals surface area contributed by atoms with Gasteiger partial charge in [-0.15, -0.1) is 0 Å². The summed E-state index contributed by atoms with van der Waals surface area (Å²) in [6, 6.07) is 12.2. The van der Waals surface area contributed by atoms with E-state index in [0.717, 1.165) is 86.0 Å². The summed E-state index contributed by atoms with van der Waals surface area (Å²) in [5.41, 5.74) is 5.63. The fourth-order valence-corrected chi connectivity index (χ4v) is 4.50. The minimum atomic E-state index is 0.0825. The number of nitrogens with zero attached hydrogens (tertiary/aromatic N) is 4. The van der Waals surface area contributed by atoms with Crippen molar-refractivity contribution in [2.45, 2.75) is 0 Å². The van der Waals surface area contributed by atoms with Crippen LogP contribution in [0.5, 0.6) is 0 Å².